The Morgan fingerprint density at radius 1 is 1.30 bits per heavy atom. The molecule has 0 aliphatic rings. The summed E-state index contributed by atoms with van der Waals surface area (Å²) in [5, 5.41) is 17.5. The number of nitriles is 2. The number of hydrogen-bond donors (Lipinski definition) is 0. The summed E-state index contributed by atoms with van der Waals surface area (Å²) >= 11 is 0. The van der Waals surface area contributed by atoms with Gasteiger partial charge in [-0.05, 0) is 55.0 Å². The van der Waals surface area contributed by atoms with Gasteiger partial charge < -0.3 is 9.30 Å². The largest absolute Gasteiger partial charge is 0.479 e. The Balaban J connectivity index is 2.13. The molecule has 0 amide bonds. The first-order valence-electron chi connectivity index (χ1n) is 6.95. The van der Waals surface area contributed by atoms with Gasteiger partial charge in [0, 0.05) is 18.3 Å². The minimum absolute atomic E-state index is 0.0261. The van der Waals surface area contributed by atoms with Crippen molar-refractivity contribution in [3.05, 3.63) is 58.9 Å². The average molecular weight is 305 g/mol. The number of nitrogens with zero attached hydrogens (tertiary/aromatic N) is 3. The topological polar surface area (TPSA) is 78.8 Å². The van der Waals surface area contributed by atoms with Crippen molar-refractivity contribution in [2.24, 2.45) is 7.05 Å². The van der Waals surface area contributed by atoms with E-state index in [1.165, 1.54) is 6.08 Å². The number of rotatable bonds is 5. The van der Waals surface area contributed by atoms with Gasteiger partial charge in [-0.25, -0.2) is 0 Å². The first-order valence-corrected chi connectivity index (χ1v) is 6.95. The van der Waals surface area contributed by atoms with Crippen molar-refractivity contribution in [3.63, 3.8) is 0 Å². The smallest absolute Gasteiger partial charge is 0.185 e. The van der Waals surface area contributed by atoms with Gasteiger partial charge in [-0.15, -0.1) is 0 Å². The second kappa shape index (κ2) is 7.11. The zero-order valence-electron chi connectivity index (χ0n) is 12.9. The Labute approximate surface area is 134 Å². The van der Waals surface area contributed by atoms with Gasteiger partial charge in [-0.1, -0.05) is 0 Å². The lowest BCUT2D eigenvalue weighted by Gasteiger charge is -2.02. The molecule has 0 N–H and O–H groups in total. The fourth-order valence-corrected chi connectivity index (χ4v) is 2.09. The van der Waals surface area contributed by atoms with Crippen LogP contribution in [0.25, 0.3) is 6.08 Å². The van der Waals surface area contributed by atoms with Crippen molar-refractivity contribution in [3.8, 4) is 17.9 Å². The molecule has 0 fully saturated rings. The Morgan fingerprint density at radius 2 is 2.00 bits per heavy atom. The van der Waals surface area contributed by atoms with Crippen molar-refractivity contribution in [2.75, 3.05) is 6.61 Å². The van der Waals surface area contributed by atoms with E-state index in [0.29, 0.717) is 17.0 Å². The molecule has 0 aliphatic carbocycles. The molecule has 114 valence electrons. The molecule has 0 radical (unpaired) electrons. The predicted octanol–water partition coefficient (Wildman–Crippen LogP) is 3.00. The summed E-state index contributed by atoms with van der Waals surface area (Å²) in [5.74, 6) is 0.406. The Kier molecular flexibility index (Phi) is 4.96. The van der Waals surface area contributed by atoms with E-state index in [2.05, 4.69) is 6.07 Å². The van der Waals surface area contributed by atoms with Crippen molar-refractivity contribution in [1.29, 1.82) is 10.5 Å². The molecule has 2 aromatic rings. The molecule has 5 nitrogen and oxygen atoms in total. The minimum Gasteiger partial charge on any atom is -0.479 e. The van der Waals surface area contributed by atoms with Gasteiger partial charge >= 0.3 is 0 Å². The van der Waals surface area contributed by atoms with Crippen LogP contribution in [0.15, 0.2) is 36.4 Å². The zero-order chi connectivity index (χ0) is 16.8. The van der Waals surface area contributed by atoms with Gasteiger partial charge in [0.15, 0.2) is 12.4 Å². The highest BCUT2D eigenvalue weighted by Crippen LogP contribution is 2.16. The maximum atomic E-state index is 12.2. The molecular formula is C18H15N3O2. The Morgan fingerprint density at radius 3 is 2.57 bits per heavy atom. The van der Waals surface area contributed by atoms with Crippen LogP contribution in [0, 0.1) is 29.6 Å². The van der Waals surface area contributed by atoms with E-state index in [1.807, 2.05) is 20.0 Å². The highest BCUT2D eigenvalue weighted by atomic mass is 16.5. The van der Waals surface area contributed by atoms with Gasteiger partial charge in [-0.3, -0.25) is 4.79 Å². The monoisotopic (exact) mass is 305 g/mol. The molecule has 1 aromatic carbocycles. The summed E-state index contributed by atoms with van der Waals surface area (Å²) in [4.78, 5) is 12.2. The second-order valence-corrected chi connectivity index (χ2v) is 4.91. The highest BCUT2D eigenvalue weighted by Gasteiger charge is 2.07. The van der Waals surface area contributed by atoms with Crippen LogP contribution >= 0.6 is 0 Å². The molecule has 5 heteroatoms. The summed E-state index contributed by atoms with van der Waals surface area (Å²) in [6, 6.07) is 12.3. The average Bonchev–Trinajstić information content (AvgIpc) is 2.86. The maximum absolute atomic E-state index is 12.2. The molecule has 0 saturated heterocycles. The lowest BCUT2D eigenvalue weighted by Crippen LogP contribution is -1.97. The van der Waals surface area contributed by atoms with Gasteiger partial charge in [0.2, 0.25) is 0 Å². The summed E-state index contributed by atoms with van der Waals surface area (Å²) < 4.78 is 6.92. The van der Waals surface area contributed by atoms with Crippen molar-refractivity contribution in [1.82, 2.24) is 4.57 Å². The Bertz CT molecular complexity index is 831. The van der Waals surface area contributed by atoms with Crippen molar-refractivity contribution >= 4 is 11.9 Å². The minimum atomic E-state index is -0.140. The van der Waals surface area contributed by atoms with Crippen LogP contribution in [0.4, 0.5) is 0 Å². The lowest BCUT2D eigenvalue weighted by molar-refractivity contribution is 0.104. The first kappa shape index (κ1) is 16.1. The zero-order valence-corrected chi connectivity index (χ0v) is 12.9. The molecule has 1 aromatic heterocycles. The highest BCUT2D eigenvalue weighted by molar-refractivity contribution is 6.06. The van der Waals surface area contributed by atoms with Crippen LogP contribution in [0.5, 0.6) is 5.75 Å². The number of ketones is 1. The molecule has 0 aliphatic heterocycles. The van der Waals surface area contributed by atoms with E-state index in [9.17, 15) is 4.79 Å². The fraction of sp³-hybridized carbons (Fsp3) is 0.167. The standard InChI is InChI=1S/C18H15N3O2/c1-13-15(11-16(12-20)21(13)2)5-8-18(22)14-3-6-17(7-4-14)23-10-9-19/h3-8,11H,10H2,1-2H3/b8-5+. The summed E-state index contributed by atoms with van der Waals surface area (Å²) in [5.41, 5.74) is 2.84. The number of benzene rings is 1. The predicted molar refractivity (Wildman–Crippen MR) is 85.8 cm³/mol. The molecule has 0 spiro atoms. The van der Waals surface area contributed by atoms with E-state index >= 15 is 0 Å². The molecule has 1 heterocycles. The molecular weight excluding hydrogens is 290 g/mol. The first-order chi connectivity index (χ1) is 11.1. The van der Waals surface area contributed by atoms with Crippen LogP contribution in [-0.4, -0.2) is 17.0 Å². The molecule has 2 rings (SSSR count). The lowest BCUT2D eigenvalue weighted by atomic mass is 10.1. The van der Waals surface area contributed by atoms with E-state index in [1.54, 1.807) is 41.0 Å². The normalized spacial score (nSPS) is 10.3. The quantitative estimate of drug-likeness (QED) is 0.628. The fourth-order valence-electron chi connectivity index (χ4n) is 2.09. The number of carbonyl (C=O) groups is 1. The number of allylic oxidation sites excluding steroid dienone is 1. The third-order valence-electron chi connectivity index (χ3n) is 3.55. The number of aromatic nitrogens is 1. The third-order valence-corrected chi connectivity index (χ3v) is 3.55. The van der Waals surface area contributed by atoms with Crippen molar-refractivity contribution < 1.29 is 9.53 Å². The Hall–Kier alpha value is -3.31. The van der Waals surface area contributed by atoms with Crippen LogP contribution in [-0.2, 0) is 7.05 Å². The molecule has 0 bridgehead atoms. The third kappa shape index (κ3) is 3.66. The van der Waals surface area contributed by atoms with Gasteiger partial charge in [0.1, 0.15) is 23.6 Å². The van der Waals surface area contributed by atoms with Gasteiger partial charge in [0.05, 0.1) is 0 Å². The molecule has 0 unspecified atom stereocenters. The van der Waals surface area contributed by atoms with Crippen LogP contribution in [0.3, 0.4) is 0 Å². The summed E-state index contributed by atoms with van der Waals surface area (Å²) in [6.07, 6.45) is 3.19. The summed E-state index contributed by atoms with van der Waals surface area (Å²) in [7, 11) is 1.81. The van der Waals surface area contributed by atoms with Crippen LogP contribution < -0.4 is 4.74 Å². The molecule has 0 atom stereocenters. The van der Waals surface area contributed by atoms with Crippen LogP contribution in [0.1, 0.15) is 27.3 Å². The number of ether oxygens (including phenoxy) is 1. The van der Waals surface area contributed by atoms with Gasteiger partial charge in [-0.2, -0.15) is 10.5 Å². The maximum Gasteiger partial charge on any atom is 0.185 e. The van der Waals surface area contributed by atoms with E-state index in [0.717, 1.165) is 11.3 Å². The molecule has 23 heavy (non-hydrogen) atoms. The van der Waals surface area contributed by atoms with E-state index < -0.39 is 0 Å². The second-order valence-electron chi connectivity index (χ2n) is 4.91. The SMILES string of the molecule is Cc1c(/C=C/C(=O)c2ccc(OCC#N)cc2)cc(C#N)n1C. The van der Waals surface area contributed by atoms with E-state index in [4.69, 9.17) is 15.3 Å². The van der Waals surface area contributed by atoms with E-state index in [-0.39, 0.29) is 12.4 Å². The summed E-state index contributed by atoms with van der Waals surface area (Å²) in [6.45, 7) is 1.87. The number of hydrogen-bond acceptors (Lipinski definition) is 4. The van der Waals surface area contributed by atoms with Crippen LogP contribution in [0.2, 0.25) is 0 Å². The van der Waals surface area contributed by atoms with Gasteiger partial charge in [0.25, 0.3) is 0 Å². The van der Waals surface area contributed by atoms with Crippen molar-refractivity contribution in [2.45, 2.75) is 6.92 Å². The molecule has 0 saturated carbocycles. The number of carbonyl (C=O) groups excluding carboxylic acids is 1.